The number of benzene rings is 8. The van der Waals surface area contributed by atoms with E-state index in [9.17, 15) is 0 Å². The van der Waals surface area contributed by atoms with Crippen LogP contribution in [0.2, 0.25) is 0 Å². The second kappa shape index (κ2) is 7.81. The van der Waals surface area contributed by atoms with Crippen LogP contribution in [0.4, 0.5) is 11.4 Å². The Balaban J connectivity index is 1.30. The fourth-order valence-corrected chi connectivity index (χ4v) is 5.80. The quantitative estimate of drug-likeness (QED) is 0.248. The SMILES string of the molecule is c1ccc2cc3cc4c(Nc5cccc6cc7cc8ccccc8cc7cc56)cccc4cc3cc2c1. The Morgan fingerprint density at radius 3 is 1.00 bits per heavy atom. The van der Waals surface area contributed by atoms with Crippen LogP contribution in [0.3, 0.4) is 0 Å². The van der Waals surface area contributed by atoms with Crippen LogP contribution in [-0.4, -0.2) is 0 Å². The summed E-state index contributed by atoms with van der Waals surface area (Å²) in [5.41, 5.74) is 2.25. The van der Waals surface area contributed by atoms with E-state index in [1.807, 2.05) is 0 Å². The van der Waals surface area contributed by atoms with Crippen molar-refractivity contribution in [2.45, 2.75) is 0 Å². The highest BCUT2D eigenvalue weighted by molar-refractivity contribution is 6.11. The van der Waals surface area contributed by atoms with Crippen molar-refractivity contribution < 1.29 is 0 Å². The summed E-state index contributed by atoms with van der Waals surface area (Å²) in [6.07, 6.45) is 0. The van der Waals surface area contributed by atoms with Gasteiger partial charge >= 0.3 is 0 Å². The smallest absolute Gasteiger partial charge is 0.0464 e. The van der Waals surface area contributed by atoms with Crippen molar-refractivity contribution in [2.24, 2.45) is 0 Å². The highest BCUT2D eigenvalue weighted by atomic mass is 14.9. The second-order valence-electron chi connectivity index (χ2n) is 9.98. The van der Waals surface area contributed by atoms with E-state index in [0.29, 0.717) is 0 Å². The average Bonchev–Trinajstić information content (AvgIpc) is 2.93. The topological polar surface area (TPSA) is 12.0 Å². The largest absolute Gasteiger partial charge is 0.355 e. The van der Waals surface area contributed by atoms with Crippen LogP contribution in [0.25, 0.3) is 64.6 Å². The minimum absolute atomic E-state index is 1.12. The van der Waals surface area contributed by atoms with E-state index in [1.165, 1.54) is 64.6 Å². The number of anilines is 2. The zero-order chi connectivity index (χ0) is 24.3. The summed E-state index contributed by atoms with van der Waals surface area (Å²) in [7, 11) is 0. The van der Waals surface area contributed by atoms with E-state index in [-0.39, 0.29) is 0 Å². The summed E-state index contributed by atoms with van der Waals surface area (Å²) in [4.78, 5) is 0. The van der Waals surface area contributed by atoms with E-state index in [4.69, 9.17) is 0 Å². The fraction of sp³-hybridized carbons (Fsp3) is 0. The standard InChI is InChI=1S/C36H23N/c1-3-9-25-17-31-21-33-27(19-29(31)15-23(25)7-1)11-5-13-35(33)37-36-14-6-12-28-20-30-16-24-8-2-4-10-26(24)18-32(30)22-34(28)36/h1-22,37H. The lowest BCUT2D eigenvalue weighted by molar-refractivity contribution is 1.62. The zero-order valence-electron chi connectivity index (χ0n) is 20.2. The molecule has 8 aromatic rings. The Bertz CT molecular complexity index is 2010. The molecule has 0 aliphatic carbocycles. The van der Waals surface area contributed by atoms with Gasteiger partial charge in [-0.3, -0.25) is 0 Å². The molecule has 1 N–H and O–H groups in total. The molecule has 0 radical (unpaired) electrons. The van der Waals surface area contributed by atoms with Crippen molar-refractivity contribution in [3.8, 4) is 0 Å². The van der Waals surface area contributed by atoms with E-state index in [1.54, 1.807) is 0 Å². The molecule has 0 heterocycles. The zero-order valence-corrected chi connectivity index (χ0v) is 20.2. The number of rotatable bonds is 2. The first-order valence-corrected chi connectivity index (χ1v) is 12.8. The van der Waals surface area contributed by atoms with E-state index >= 15 is 0 Å². The maximum Gasteiger partial charge on any atom is 0.0464 e. The van der Waals surface area contributed by atoms with Crippen molar-refractivity contribution in [1.82, 2.24) is 0 Å². The molecule has 0 amide bonds. The first-order valence-electron chi connectivity index (χ1n) is 12.8. The van der Waals surface area contributed by atoms with Crippen LogP contribution in [-0.2, 0) is 0 Å². The molecule has 0 aliphatic rings. The molecule has 0 bridgehead atoms. The van der Waals surface area contributed by atoms with Crippen LogP contribution in [0.15, 0.2) is 133 Å². The third-order valence-electron chi connectivity index (χ3n) is 7.67. The molecule has 1 heteroatoms. The van der Waals surface area contributed by atoms with Gasteiger partial charge in [0.05, 0.1) is 0 Å². The van der Waals surface area contributed by atoms with Gasteiger partial charge in [0.1, 0.15) is 0 Å². The molecule has 8 aromatic carbocycles. The highest BCUT2D eigenvalue weighted by Gasteiger charge is 2.09. The Morgan fingerprint density at radius 1 is 0.270 bits per heavy atom. The summed E-state index contributed by atoms with van der Waals surface area (Å²) in [6, 6.07) is 48.7. The van der Waals surface area contributed by atoms with Gasteiger partial charge in [0.25, 0.3) is 0 Å². The molecule has 0 aromatic heterocycles. The fourth-order valence-electron chi connectivity index (χ4n) is 5.80. The average molecular weight is 470 g/mol. The Labute approximate surface area is 214 Å². The number of fused-ring (bicyclic) bond motifs is 6. The van der Waals surface area contributed by atoms with Crippen molar-refractivity contribution in [3.05, 3.63) is 133 Å². The molecule has 0 fully saturated rings. The molecule has 8 rings (SSSR count). The predicted octanol–water partition coefficient (Wildman–Crippen LogP) is 10.3. The van der Waals surface area contributed by atoms with Crippen molar-refractivity contribution in [2.75, 3.05) is 5.32 Å². The van der Waals surface area contributed by atoms with Crippen LogP contribution < -0.4 is 5.32 Å². The Kier molecular flexibility index (Phi) is 4.29. The minimum atomic E-state index is 1.12. The first kappa shape index (κ1) is 20.3. The maximum atomic E-state index is 3.79. The predicted molar refractivity (Wildman–Crippen MR) is 161 cm³/mol. The number of nitrogens with one attached hydrogen (secondary N) is 1. The molecule has 172 valence electrons. The summed E-state index contributed by atoms with van der Waals surface area (Å²) >= 11 is 0. The normalized spacial score (nSPS) is 11.8. The van der Waals surface area contributed by atoms with Crippen LogP contribution in [0.5, 0.6) is 0 Å². The maximum absolute atomic E-state index is 3.79. The van der Waals surface area contributed by atoms with Crippen LogP contribution in [0, 0.1) is 0 Å². The van der Waals surface area contributed by atoms with Gasteiger partial charge in [0.15, 0.2) is 0 Å². The third-order valence-corrected chi connectivity index (χ3v) is 7.67. The van der Waals surface area contributed by atoms with Gasteiger partial charge in [-0.1, -0.05) is 72.8 Å². The molecular weight excluding hydrogens is 446 g/mol. The molecule has 0 aliphatic heterocycles. The van der Waals surface area contributed by atoms with Gasteiger partial charge in [-0.2, -0.15) is 0 Å². The van der Waals surface area contributed by atoms with Gasteiger partial charge in [-0.25, -0.2) is 0 Å². The van der Waals surface area contributed by atoms with E-state index < -0.39 is 0 Å². The minimum Gasteiger partial charge on any atom is -0.355 e. The van der Waals surface area contributed by atoms with E-state index in [2.05, 4.69) is 139 Å². The molecule has 37 heavy (non-hydrogen) atoms. The molecule has 0 spiro atoms. The highest BCUT2D eigenvalue weighted by Crippen LogP contribution is 2.36. The lowest BCUT2D eigenvalue weighted by Gasteiger charge is -2.14. The van der Waals surface area contributed by atoms with Gasteiger partial charge < -0.3 is 5.32 Å². The van der Waals surface area contributed by atoms with Crippen molar-refractivity contribution >= 4 is 76.0 Å². The molecule has 0 atom stereocenters. The van der Waals surface area contributed by atoms with Gasteiger partial charge in [-0.15, -0.1) is 0 Å². The van der Waals surface area contributed by atoms with Crippen LogP contribution >= 0.6 is 0 Å². The Morgan fingerprint density at radius 2 is 0.595 bits per heavy atom. The summed E-state index contributed by atoms with van der Waals surface area (Å²) in [5, 5.41) is 18.9. The molecule has 1 nitrogen and oxygen atoms in total. The van der Waals surface area contributed by atoms with Crippen molar-refractivity contribution in [3.63, 3.8) is 0 Å². The third kappa shape index (κ3) is 3.32. The van der Waals surface area contributed by atoms with Gasteiger partial charge in [0.2, 0.25) is 0 Å². The summed E-state index contributed by atoms with van der Waals surface area (Å²) in [6.45, 7) is 0. The Hall–Kier alpha value is -4.88. The van der Waals surface area contributed by atoms with E-state index in [0.717, 1.165) is 11.4 Å². The monoisotopic (exact) mass is 469 g/mol. The molecular formula is C36H23N. The van der Waals surface area contributed by atoms with Gasteiger partial charge in [0, 0.05) is 22.1 Å². The van der Waals surface area contributed by atoms with Crippen molar-refractivity contribution in [1.29, 1.82) is 0 Å². The number of hydrogen-bond donors (Lipinski definition) is 1. The summed E-state index contributed by atoms with van der Waals surface area (Å²) in [5.74, 6) is 0. The lowest BCUT2D eigenvalue weighted by Crippen LogP contribution is -1.93. The van der Waals surface area contributed by atoms with Gasteiger partial charge in [-0.05, 0) is 115 Å². The molecule has 0 unspecified atom stereocenters. The molecule has 0 saturated heterocycles. The first-order chi connectivity index (χ1) is 18.3. The number of hydrogen-bond acceptors (Lipinski definition) is 1. The summed E-state index contributed by atoms with van der Waals surface area (Å²) < 4.78 is 0. The molecule has 0 saturated carbocycles. The lowest BCUT2D eigenvalue weighted by atomic mass is 9.98. The van der Waals surface area contributed by atoms with Crippen LogP contribution in [0.1, 0.15) is 0 Å². The second-order valence-corrected chi connectivity index (χ2v) is 9.98.